The molecule has 0 radical (unpaired) electrons. The largest absolute Gasteiger partial charge is 0.462 e. The van der Waals surface area contributed by atoms with Crippen LogP contribution in [0.3, 0.4) is 0 Å². The van der Waals surface area contributed by atoms with Gasteiger partial charge in [0.15, 0.2) is 0 Å². The van der Waals surface area contributed by atoms with Crippen LogP contribution < -0.4 is 0 Å². The average molecular weight is 824 g/mol. The Balaban J connectivity index is 2.53. The SMILES string of the molecule is CCCCCCCCCCOC(=O)c1c(I)cc(I)c(I)c1C(=O)OCCCCCCCCCC. The minimum absolute atomic E-state index is 0.343. The molecule has 0 fully saturated rings. The third-order valence-electron chi connectivity index (χ3n) is 6.04. The highest BCUT2D eigenvalue weighted by Gasteiger charge is 2.27. The van der Waals surface area contributed by atoms with Crippen molar-refractivity contribution in [3.8, 4) is 0 Å². The van der Waals surface area contributed by atoms with Crippen LogP contribution in [0, 0.1) is 10.7 Å². The number of hydrogen-bond donors (Lipinski definition) is 0. The van der Waals surface area contributed by atoms with E-state index in [0.717, 1.165) is 36.4 Å². The molecule has 0 aliphatic rings. The topological polar surface area (TPSA) is 52.6 Å². The molecule has 0 heterocycles. The summed E-state index contributed by atoms with van der Waals surface area (Å²) in [6.45, 7) is 5.23. The zero-order chi connectivity index (χ0) is 25.9. The highest BCUT2D eigenvalue weighted by Crippen LogP contribution is 2.29. The Bertz CT molecular complexity index is 752. The van der Waals surface area contributed by atoms with Crippen LogP contribution in [-0.2, 0) is 9.47 Å². The summed E-state index contributed by atoms with van der Waals surface area (Å²) in [6, 6.07) is 1.92. The van der Waals surface area contributed by atoms with Crippen molar-refractivity contribution in [1.82, 2.24) is 0 Å². The lowest BCUT2D eigenvalue weighted by Crippen LogP contribution is -2.19. The standard InChI is InChI=1S/C28H43I3O4/c1-3-5-7-9-11-13-15-17-19-34-27(32)24-22(29)21-23(30)26(31)25(24)28(33)35-20-18-16-14-12-10-8-6-4-2/h21H,3-20H2,1-2H3. The highest BCUT2D eigenvalue weighted by molar-refractivity contribution is 14.1. The van der Waals surface area contributed by atoms with Gasteiger partial charge >= 0.3 is 11.9 Å². The Morgan fingerprint density at radius 1 is 0.571 bits per heavy atom. The number of ether oxygens (including phenoxy) is 2. The first-order chi connectivity index (χ1) is 16.9. The molecule has 35 heavy (non-hydrogen) atoms. The van der Waals surface area contributed by atoms with Crippen LogP contribution in [0.5, 0.6) is 0 Å². The summed E-state index contributed by atoms with van der Waals surface area (Å²) in [7, 11) is 0. The molecule has 0 spiro atoms. The van der Waals surface area contributed by atoms with Crippen molar-refractivity contribution >= 4 is 79.7 Å². The van der Waals surface area contributed by atoms with E-state index in [-0.39, 0.29) is 0 Å². The van der Waals surface area contributed by atoms with E-state index in [2.05, 4.69) is 81.6 Å². The van der Waals surface area contributed by atoms with Gasteiger partial charge in [-0.2, -0.15) is 0 Å². The van der Waals surface area contributed by atoms with Crippen molar-refractivity contribution in [3.63, 3.8) is 0 Å². The Morgan fingerprint density at radius 3 is 1.37 bits per heavy atom. The summed E-state index contributed by atoms with van der Waals surface area (Å²) in [5, 5.41) is 0. The third kappa shape index (κ3) is 14.2. The number of esters is 2. The first-order valence-electron chi connectivity index (χ1n) is 13.5. The molecule has 0 unspecified atom stereocenters. The summed E-state index contributed by atoms with van der Waals surface area (Å²) in [5.74, 6) is -0.849. The molecule has 200 valence electrons. The predicted octanol–water partition coefficient (Wildman–Crippen LogP) is 10.1. The Kier molecular flexibility index (Phi) is 20.3. The second kappa shape index (κ2) is 21.3. The minimum atomic E-state index is -0.425. The van der Waals surface area contributed by atoms with Gasteiger partial charge in [-0.15, -0.1) is 0 Å². The van der Waals surface area contributed by atoms with E-state index < -0.39 is 11.9 Å². The molecule has 1 aromatic carbocycles. The molecule has 0 saturated heterocycles. The maximum absolute atomic E-state index is 13.0. The van der Waals surface area contributed by atoms with Crippen LogP contribution in [0.4, 0.5) is 0 Å². The molecular formula is C28H43I3O4. The summed E-state index contributed by atoms with van der Waals surface area (Å²) in [4.78, 5) is 25.9. The number of unbranched alkanes of at least 4 members (excludes halogenated alkanes) is 14. The number of hydrogen-bond acceptors (Lipinski definition) is 4. The smallest absolute Gasteiger partial charge is 0.340 e. The molecule has 7 heteroatoms. The number of carbonyl (C=O) groups excluding carboxylic acids is 2. The summed E-state index contributed by atoms with van der Waals surface area (Å²) >= 11 is 6.46. The zero-order valence-corrected chi connectivity index (χ0v) is 28.0. The maximum atomic E-state index is 13.0. The number of benzene rings is 1. The lowest BCUT2D eigenvalue weighted by molar-refractivity contribution is 0.0448. The number of rotatable bonds is 20. The first-order valence-corrected chi connectivity index (χ1v) is 16.7. The van der Waals surface area contributed by atoms with E-state index in [9.17, 15) is 9.59 Å². The summed E-state index contributed by atoms with van der Waals surface area (Å²) in [6.07, 6.45) is 19.0. The van der Waals surface area contributed by atoms with Gasteiger partial charge < -0.3 is 9.47 Å². The Hall–Kier alpha value is 0.350. The monoisotopic (exact) mass is 824 g/mol. The quantitative estimate of drug-likeness (QED) is 0.0569. The minimum Gasteiger partial charge on any atom is -0.462 e. The molecule has 0 N–H and O–H groups in total. The molecule has 0 aliphatic carbocycles. The summed E-state index contributed by atoms with van der Waals surface area (Å²) < 4.78 is 13.6. The molecule has 0 saturated carbocycles. The van der Waals surface area contributed by atoms with Crippen LogP contribution in [0.1, 0.15) is 137 Å². The van der Waals surface area contributed by atoms with Crippen LogP contribution in [-0.4, -0.2) is 25.2 Å². The van der Waals surface area contributed by atoms with Gasteiger partial charge in [-0.1, -0.05) is 104 Å². The first kappa shape index (κ1) is 33.4. The zero-order valence-electron chi connectivity index (χ0n) is 21.6. The van der Waals surface area contributed by atoms with E-state index in [1.807, 2.05) is 6.07 Å². The second-order valence-electron chi connectivity index (χ2n) is 9.13. The van der Waals surface area contributed by atoms with Gasteiger partial charge in [0, 0.05) is 10.7 Å². The molecule has 0 aromatic heterocycles. The van der Waals surface area contributed by atoms with Gasteiger partial charge in [0.05, 0.1) is 24.3 Å². The number of carbonyl (C=O) groups is 2. The molecule has 0 amide bonds. The normalized spacial score (nSPS) is 11.0. The van der Waals surface area contributed by atoms with E-state index >= 15 is 0 Å². The molecule has 0 aliphatic heterocycles. The van der Waals surface area contributed by atoms with Crippen molar-refractivity contribution in [2.45, 2.75) is 117 Å². The van der Waals surface area contributed by atoms with Crippen molar-refractivity contribution in [2.24, 2.45) is 0 Å². The third-order valence-corrected chi connectivity index (χ3v) is 9.90. The highest BCUT2D eigenvalue weighted by atomic mass is 127. The molecular weight excluding hydrogens is 781 g/mol. The van der Waals surface area contributed by atoms with Crippen molar-refractivity contribution in [1.29, 1.82) is 0 Å². The Morgan fingerprint density at radius 2 is 0.943 bits per heavy atom. The fourth-order valence-corrected chi connectivity index (χ4v) is 6.56. The average Bonchev–Trinajstić information content (AvgIpc) is 2.83. The molecule has 1 aromatic rings. The van der Waals surface area contributed by atoms with Gasteiger partial charge in [-0.25, -0.2) is 9.59 Å². The lowest BCUT2D eigenvalue weighted by atomic mass is 10.1. The maximum Gasteiger partial charge on any atom is 0.340 e. The van der Waals surface area contributed by atoms with Crippen molar-refractivity contribution < 1.29 is 19.1 Å². The van der Waals surface area contributed by atoms with E-state index in [4.69, 9.17) is 9.47 Å². The lowest BCUT2D eigenvalue weighted by Gasteiger charge is -2.14. The molecule has 4 nitrogen and oxygen atoms in total. The Labute approximate surface area is 254 Å². The molecule has 0 atom stereocenters. The van der Waals surface area contributed by atoms with Gasteiger partial charge in [-0.05, 0) is 86.7 Å². The fourth-order valence-electron chi connectivity index (χ4n) is 3.93. The van der Waals surface area contributed by atoms with Crippen molar-refractivity contribution in [3.05, 3.63) is 27.9 Å². The van der Waals surface area contributed by atoms with Crippen LogP contribution in [0.15, 0.2) is 6.07 Å². The predicted molar refractivity (Wildman–Crippen MR) is 170 cm³/mol. The van der Waals surface area contributed by atoms with Gasteiger partial charge in [-0.3, -0.25) is 0 Å². The van der Waals surface area contributed by atoms with Crippen molar-refractivity contribution in [2.75, 3.05) is 13.2 Å². The molecule has 1 rings (SSSR count). The summed E-state index contributed by atoms with van der Waals surface area (Å²) in [5.41, 5.74) is 0.693. The van der Waals surface area contributed by atoms with Gasteiger partial charge in [0.25, 0.3) is 0 Å². The van der Waals surface area contributed by atoms with Gasteiger partial charge in [0.2, 0.25) is 0 Å². The van der Waals surface area contributed by atoms with E-state index in [1.165, 1.54) is 77.0 Å². The molecule has 0 bridgehead atoms. The fraction of sp³-hybridized carbons (Fsp3) is 0.714. The van der Waals surface area contributed by atoms with Crippen LogP contribution in [0.2, 0.25) is 0 Å². The second-order valence-corrected chi connectivity index (χ2v) is 12.5. The van der Waals surface area contributed by atoms with E-state index in [0.29, 0.717) is 24.3 Å². The van der Waals surface area contributed by atoms with Crippen LogP contribution >= 0.6 is 67.8 Å². The van der Waals surface area contributed by atoms with Gasteiger partial charge in [0.1, 0.15) is 0 Å². The number of halogens is 3. The van der Waals surface area contributed by atoms with E-state index in [1.54, 1.807) is 0 Å². The van der Waals surface area contributed by atoms with Crippen LogP contribution in [0.25, 0.3) is 0 Å².